The van der Waals surface area contributed by atoms with Crippen molar-refractivity contribution in [2.75, 3.05) is 39.5 Å². The Morgan fingerprint density at radius 2 is 2.03 bits per heavy atom. The number of halogens is 1. The van der Waals surface area contributed by atoms with Crippen LogP contribution < -0.4 is 0 Å². The monoisotopic (exact) mass is 444 g/mol. The van der Waals surface area contributed by atoms with Crippen molar-refractivity contribution in [3.05, 3.63) is 35.3 Å². The van der Waals surface area contributed by atoms with Crippen molar-refractivity contribution in [1.29, 1.82) is 0 Å². The van der Waals surface area contributed by atoms with Gasteiger partial charge in [0.2, 0.25) is 0 Å². The number of unbranched alkanes of at least 4 members (excludes halogenated alkanes) is 2. The maximum Gasteiger partial charge on any atom is 0.305 e. The van der Waals surface area contributed by atoms with Crippen molar-refractivity contribution in [3.8, 4) is 0 Å². The van der Waals surface area contributed by atoms with Gasteiger partial charge in [-0.3, -0.25) is 14.5 Å². The van der Waals surface area contributed by atoms with Crippen molar-refractivity contribution < 1.29 is 23.5 Å². The summed E-state index contributed by atoms with van der Waals surface area (Å²) in [7, 11) is 0. The first-order chi connectivity index (χ1) is 15.6. The second-order valence-corrected chi connectivity index (χ2v) is 8.76. The number of aryl methyl sites for hydroxylation is 1. The van der Waals surface area contributed by atoms with Crippen LogP contribution in [0.4, 0.5) is 4.39 Å². The van der Waals surface area contributed by atoms with Crippen molar-refractivity contribution >= 4 is 22.7 Å². The molecule has 1 aliphatic carbocycles. The zero-order valence-corrected chi connectivity index (χ0v) is 18.9. The number of morpholine rings is 1. The number of ether oxygens (including phenoxy) is 2. The Bertz CT molecular complexity index is 964. The average molecular weight is 445 g/mol. The van der Waals surface area contributed by atoms with Crippen molar-refractivity contribution in [2.24, 2.45) is 5.92 Å². The predicted molar refractivity (Wildman–Crippen MR) is 120 cm³/mol. The number of hydrogen-bond acceptors (Lipinski definition) is 5. The van der Waals surface area contributed by atoms with Gasteiger partial charge < -0.3 is 14.0 Å². The number of hydrogen-bond donors (Lipinski definition) is 0. The van der Waals surface area contributed by atoms with Crippen LogP contribution in [0.15, 0.2) is 18.2 Å². The van der Waals surface area contributed by atoms with E-state index in [1.54, 1.807) is 6.07 Å². The Hall–Kier alpha value is -2.25. The Kier molecular flexibility index (Phi) is 7.58. The van der Waals surface area contributed by atoms with Gasteiger partial charge in [-0.25, -0.2) is 4.39 Å². The number of Topliss-reactive ketones (excluding diaryl/α,β-unsaturated/α-hetero) is 1. The second-order valence-electron chi connectivity index (χ2n) is 8.76. The van der Waals surface area contributed by atoms with Gasteiger partial charge in [0.15, 0.2) is 5.78 Å². The molecule has 2 aliphatic rings. The number of aromatic nitrogens is 1. The number of rotatable bonds is 9. The second kappa shape index (κ2) is 10.6. The number of benzene rings is 1. The summed E-state index contributed by atoms with van der Waals surface area (Å²) < 4.78 is 26.7. The van der Waals surface area contributed by atoms with Gasteiger partial charge in [0.25, 0.3) is 0 Å². The van der Waals surface area contributed by atoms with E-state index in [1.807, 2.05) is 6.92 Å². The maximum atomic E-state index is 14.1. The molecule has 0 radical (unpaired) electrons. The minimum absolute atomic E-state index is 0.0486. The fourth-order valence-corrected chi connectivity index (χ4v) is 5.03. The summed E-state index contributed by atoms with van der Waals surface area (Å²) in [5.74, 6) is -0.361. The molecule has 0 saturated carbocycles. The van der Waals surface area contributed by atoms with Crippen LogP contribution in [0.1, 0.15) is 55.1 Å². The lowest BCUT2D eigenvalue weighted by Gasteiger charge is -2.31. The SMILES string of the molecule is CCOC(=O)CCCCCn1c2c(c3cc(F)ccc31)C(=O)C(CN1CCOCC1)CC2. The highest BCUT2D eigenvalue weighted by molar-refractivity contribution is 6.11. The molecular weight excluding hydrogens is 411 g/mol. The lowest BCUT2D eigenvalue weighted by atomic mass is 9.84. The normalized spacial score (nSPS) is 19.3. The van der Waals surface area contributed by atoms with E-state index >= 15 is 0 Å². The molecule has 2 heterocycles. The first-order valence-electron chi connectivity index (χ1n) is 11.9. The van der Waals surface area contributed by atoms with Gasteiger partial charge >= 0.3 is 5.97 Å². The minimum Gasteiger partial charge on any atom is -0.466 e. The van der Waals surface area contributed by atoms with Crippen LogP contribution in [0.5, 0.6) is 0 Å². The standard InChI is InChI=1S/C25H33FN2O4/c1-2-32-23(29)6-4-3-5-11-28-21-10-8-19(26)16-20(21)24-22(28)9-7-18(25(24)30)17-27-12-14-31-15-13-27/h8,10,16,18H,2-7,9,11-15,17H2,1H3. The molecule has 7 heteroatoms. The Morgan fingerprint density at radius 1 is 1.22 bits per heavy atom. The van der Waals surface area contributed by atoms with Crippen molar-refractivity contribution in [2.45, 2.75) is 52.0 Å². The summed E-state index contributed by atoms with van der Waals surface area (Å²) in [5, 5.41) is 0.739. The summed E-state index contributed by atoms with van der Waals surface area (Å²) in [6.45, 7) is 6.89. The van der Waals surface area contributed by atoms with Crippen molar-refractivity contribution in [1.82, 2.24) is 9.47 Å². The molecule has 1 aliphatic heterocycles. The van der Waals surface area contributed by atoms with Gasteiger partial charge in [-0.05, 0) is 50.8 Å². The van der Waals surface area contributed by atoms with Gasteiger partial charge in [-0.1, -0.05) is 6.42 Å². The fraction of sp³-hybridized carbons (Fsp3) is 0.600. The summed E-state index contributed by atoms with van der Waals surface area (Å²) in [4.78, 5) is 27.3. The van der Waals surface area contributed by atoms with E-state index in [9.17, 15) is 14.0 Å². The van der Waals surface area contributed by atoms with Gasteiger partial charge in [0.05, 0.1) is 19.8 Å². The van der Waals surface area contributed by atoms with E-state index in [0.29, 0.717) is 26.2 Å². The number of fused-ring (bicyclic) bond motifs is 3. The molecule has 174 valence electrons. The van der Waals surface area contributed by atoms with Gasteiger partial charge in [0, 0.05) is 60.7 Å². The first kappa shape index (κ1) is 22.9. The van der Waals surface area contributed by atoms with E-state index in [-0.39, 0.29) is 23.5 Å². The third-order valence-electron chi connectivity index (χ3n) is 6.63. The smallest absolute Gasteiger partial charge is 0.305 e. The summed E-state index contributed by atoms with van der Waals surface area (Å²) in [6, 6.07) is 4.78. The summed E-state index contributed by atoms with van der Waals surface area (Å²) >= 11 is 0. The average Bonchev–Trinajstić information content (AvgIpc) is 3.09. The molecule has 1 aromatic carbocycles. The molecular formula is C25H33FN2O4. The zero-order valence-electron chi connectivity index (χ0n) is 18.9. The summed E-state index contributed by atoms with van der Waals surface area (Å²) in [6.07, 6.45) is 4.68. The summed E-state index contributed by atoms with van der Waals surface area (Å²) in [5.41, 5.74) is 2.69. The number of carbonyl (C=O) groups excluding carboxylic acids is 2. The Labute approximate surface area is 188 Å². The van der Waals surface area contributed by atoms with Gasteiger partial charge in [-0.2, -0.15) is 0 Å². The molecule has 32 heavy (non-hydrogen) atoms. The van der Waals surface area contributed by atoms with Crippen molar-refractivity contribution in [3.63, 3.8) is 0 Å². The molecule has 0 N–H and O–H groups in total. The highest BCUT2D eigenvalue weighted by Gasteiger charge is 2.34. The molecule has 0 spiro atoms. The van der Waals surface area contributed by atoms with E-state index in [4.69, 9.17) is 9.47 Å². The number of ketones is 1. The quantitative estimate of drug-likeness (QED) is 0.433. The zero-order chi connectivity index (χ0) is 22.5. The van der Waals surface area contributed by atoms with E-state index < -0.39 is 0 Å². The minimum atomic E-state index is -0.310. The number of nitrogens with zero attached hydrogens (tertiary/aromatic N) is 2. The molecule has 1 fully saturated rings. The molecule has 2 aromatic rings. The van der Waals surface area contributed by atoms with Crippen LogP contribution in [0, 0.1) is 11.7 Å². The number of esters is 1. The van der Waals surface area contributed by atoms with Gasteiger partial charge in [0.1, 0.15) is 5.82 Å². The van der Waals surface area contributed by atoms with Crippen LogP contribution in [-0.4, -0.2) is 60.7 Å². The number of carbonyl (C=O) groups is 2. The third kappa shape index (κ3) is 5.04. The predicted octanol–water partition coefficient (Wildman–Crippen LogP) is 3.98. The lowest BCUT2D eigenvalue weighted by Crippen LogP contribution is -2.42. The molecule has 1 unspecified atom stereocenters. The van der Waals surface area contributed by atoms with E-state index in [2.05, 4.69) is 9.47 Å². The molecule has 1 atom stereocenters. The molecule has 0 bridgehead atoms. The third-order valence-corrected chi connectivity index (χ3v) is 6.63. The van der Waals surface area contributed by atoms with Gasteiger partial charge in [-0.15, -0.1) is 0 Å². The van der Waals surface area contributed by atoms with Crippen LogP contribution in [-0.2, 0) is 27.2 Å². The van der Waals surface area contributed by atoms with Crippen LogP contribution in [0.2, 0.25) is 0 Å². The molecule has 0 amide bonds. The van der Waals surface area contributed by atoms with Crippen LogP contribution >= 0.6 is 0 Å². The van der Waals surface area contributed by atoms with Crippen LogP contribution in [0.25, 0.3) is 10.9 Å². The Morgan fingerprint density at radius 3 is 2.81 bits per heavy atom. The lowest BCUT2D eigenvalue weighted by molar-refractivity contribution is -0.143. The highest BCUT2D eigenvalue weighted by Crippen LogP contribution is 2.35. The highest BCUT2D eigenvalue weighted by atomic mass is 19.1. The van der Waals surface area contributed by atoms with E-state index in [1.165, 1.54) is 12.1 Å². The molecule has 4 rings (SSSR count). The fourth-order valence-electron chi connectivity index (χ4n) is 5.03. The largest absolute Gasteiger partial charge is 0.466 e. The topological polar surface area (TPSA) is 60.8 Å². The van der Waals surface area contributed by atoms with Crippen LogP contribution in [0.3, 0.4) is 0 Å². The first-order valence-corrected chi connectivity index (χ1v) is 11.9. The molecule has 1 aromatic heterocycles. The maximum absolute atomic E-state index is 14.1. The Balaban J connectivity index is 1.49. The molecule has 6 nitrogen and oxygen atoms in total. The molecule has 1 saturated heterocycles. The van der Waals surface area contributed by atoms with E-state index in [0.717, 1.165) is 80.4 Å².